The van der Waals surface area contributed by atoms with Crippen molar-refractivity contribution in [2.45, 2.75) is 57.2 Å². The minimum atomic E-state index is -4.15. The number of aryl methyl sites for hydroxylation is 2. The summed E-state index contributed by atoms with van der Waals surface area (Å²) in [5.74, 6) is -1.28. The fourth-order valence-corrected chi connectivity index (χ4v) is 3.94. The van der Waals surface area contributed by atoms with Crippen LogP contribution in [0.5, 0.6) is 0 Å². The van der Waals surface area contributed by atoms with Gasteiger partial charge in [0.15, 0.2) is 0 Å². The van der Waals surface area contributed by atoms with Crippen LogP contribution in [0.2, 0.25) is 0 Å². The largest absolute Gasteiger partial charge is 0.391 e. The van der Waals surface area contributed by atoms with Gasteiger partial charge < -0.3 is 5.73 Å². The molecule has 0 aliphatic heterocycles. The van der Waals surface area contributed by atoms with Crippen LogP contribution in [0.3, 0.4) is 0 Å². The highest BCUT2D eigenvalue weighted by Crippen LogP contribution is 2.42. The molecule has 1 saturated carbocycles. The van der Waals surface area contributed by atoms with Gasteiger partial charge in [-0.3, -0.25) is 4.68 Å². The Labute approximate surface area is 131 Å². The average molecular weight is 368 g/mol. The van der Waals surface area contributed by atoms with Gasteiger partial charge in [-0.25, -0.2) is 0 Å². The molecule has 2 rings (SSSR count). The molecule has 21 heavy (non-hydrogen) atoms. The van der Waals surface area contributed by atoms with E-state index in [1.165, 1.54) is 0 Å². The van der Waals surface area contributed by atoms with Crippen LogP contribution in [-0.4, -0.2) is 21.5 Å². The number of alkyl halides is 3. The van der Waals surface area contributed by atoms with Crippen molar-refractivity contribution in [1.29, 1.82) is 0 Å². The molecule has 2 atom stereocenters. The number of hydrogen-bond donors (Lipinski definition) is 1. The molecule has 0 bridgehead atoms. The van der Waals surface area contributed by atoms with Gasteiger partial charge in [-0.05, 0) is 41.6 Å². The molecular weight excluding hydrogens is 347 g/mol. The molecule has 0 radical (unpaired) electrons. The standard InChI is InChI=1S/C14H21BrF3N3/c1-3-10-12(15)11(21(2)20-10)8-13(19)6-4-5-9(7-13)14(16,17)18/h9H,3-8,19H2,1-2H3. The van der Waals surface area contributed by atoms with Crippen LogP contribution in [0.15, 0.2) is 4.47 Å². The topological polar surface area (TPSA) is 43.8 Å². The molecule has 2 N–H and O–H groups in total. The van der Waals surface area contributed by atoms with E-state index in [0.717, 1.165) is 22.3 Å². The molecule has 7 heteroatoms. The highest BCUT2D eigenvalue weighted by molar-refractivity contribution is 9.10. The smallest absolute Gasteiger partial charge is 0.325 e. The third-order valence-electron chi connectivity index (χ3n) is 4.37. The molecule has 0 saturated heterocycles. The van der Waals surface area contributed by atoms with Crippen LogP contribution in [0.25, 0.3) is 0 Å². The molecule has 3 nitrogen and oxygen atoms in total. The van der Waals surface area contributed by atoms with E-state index in [-0.39, 0.29) is 12.8 Å². The summed E-state index contributed by atoms with van der Waals surface area (Å²) >= 11 is 3.51. The lowest BCUT2D eigenvalue weighted by Gasteiger charge is -2.38. The van der Waals surface area contributed by atoms with E-state index in [4.69, 9.17) is 5.73 Å². The summed E-state index contributed by atoms with van der Waals surface area (Å²) in [5.41, 5.74) is 7.30. The molecule has 120 valence electrons. The molecule has 1 aromatic rings. The number of nitrogens with zero attached hydrogens (tertiary/aromatic N) is 2. The third-order valence-corrected chi connectivity index (χ3v) is 5.28. The Hall–Kier alpha value is -0.560. The van der Waals surface area contributed by atoms with Crippen molar-refractivity contribution in [2.24, 2.45) is 18.7 Å². The molecule has 1 heterocycles. The van der Waals surface area contributed by atoms with Gasteiger partial charge in [0.25, 0.3) is 0 Å². The van der Waals surface area contributed by atoms with Crippen molar-refractivity contribution < 1.29 is 13.2 Å². The normalized spacial score (nSPS) is 27.1. The van der Waals surface area contributed by atoms with Gasteiger partial charge in [0.05, 0.1) is 21.8 Å². The lowest BCUT2D eigenvalue weighted by Crippen LogP contribution is -2.49. The first-order chi connectivity index (χ1) is 9.66. The number of nitrogens with two attached hydrogens (primary N) is 1. The Morgan fingerprint density at radius 3 is 2.67 bits per heavy atom. The van der Waals surface area contributed by atoms with Crippen molar-refractivity contribution in [2.75, 3.05) is 0 Å². The monoisotopic (exact) mass is 367 g/mol. The van der Waals surface area contributed by atoms with Crippen molar-refractivity contribution in [1.82, 2.24) is 9.78 Å². The lowest BCUT2D eigenvalue weighted by molar-refractivity contribution is -0.187. The molecule has 0 spiro atoms. The molecule has 1 aromatic heterocycles. The summed E-state index contributed by atoms with van der Waals surface area (Å²) < 4.78 is 41.5. The summed E-state index contributed by atoms with van der Waals surface area (Å²) in [6, 6.07) is 0. The van der Waals surface area contributed by atoms with Crippen molar-refractivity contribution >= 4 is 15.9 Å². The van der Waals surface area contributed by atoms with Gasteiger partial charge in [0.2, 0.25) is 0 Å². The summed E-state index contributed by atoms with van der Waals surface area (Å²) in [4.78, 5) is 0. The highest BCUT2D eigenvalue weighted by Gasteiger charge is 2.46. The van der Waals surface area contributed by atoms with Crippen molar-refractivity contribution in [3.8, 4) is 0 Å². The van der Waals surface area contributed by atoms with Crippen LogP contribution < -0.4 is 5.73 Å². The molecule has 1 aliphatic rings. The highest BCUT2D eigenvalue weighted by atomic mass is 79.9. The summed E-state index contributed by atoms with van der Waals surface area (Å²) in [6.07, 6.45) is -1.62. The van der Waals surface area contributed by atoms with Crippen LogP contribution in [0.1, 0.15) is 44.0 Å². The van der Waals surface area contributed by atoms with Crippen molar-refractivity contribution in [3.05, 3.63) is 15.9 Å². The second-order valence-corrected chi connectivity index (χ2v) is 6.85. The number of hydrogen-bond acceptors (Lipinski definition) is 2. The van der Waals surface area contributed by atoms with Crippen LogP contribution in [-0.2, 0) is 19.9 Å². The molecule has 2 unspecified atom stereocenters. The van der Waals surface area contributed by atoms with E-state index in [0.29, 0.717) is 19.3 Å². The van der Waals surface area contributed by atoms with Gasteiger partial charge in [0.1, 0.15) is 0 Å². The molecular formula is C14H21BrF3N3. The van der Waals surface area contributed by atoms with Gasteiger partial charge >= 0.3 is 6.18 Å². The minimum Gasteiger partial charge on any atom is -0.325 e. The van der Waals surface area contributed by atoms with E-state index in [1.54, 1.807) is 4.68 Å². The maximum Gasteiger partial charge on any atom is 0.391 e. The first kappa shape index (κ1) is 16.8. The minimum absolute atomic E-state index is 0.00439. The number of rotatable bonds is 3. The SMILES string of the molecule is CCc1nn(C)c(CC2(N)CCCC(C(F)(F)F)C2)c1Br. The van der Waals surface area contributed by atoms with E-state index in [1.807, 2.05) is 14.0 Å². The summed E-state index contributed by atoms with van der Waals surface area (Å²) in [6.45, 7) is 2.00. The van der Waals surface area contributed by atoms with Crippen LogP contribution >= 0.6 is 15.9 Å². The van der Waals surface area contributed by atoms with Crippen LogP contribution in [0, 0.1) is 5.92 Å². The van der Waals surface area contributed by atoms with Gasteiger partial charge in [-0.1, -0.05) is 13.3 Å². The second kappa shape index (κ2) is 5.91. The molecule has 1 aliphatic carbocycles. The van der Waals surface area contributed by atoms with Gasteiger partial charge in [-0.2, -0.15) is 18.3 Å². The predicted octanol–water partition coefficient (Wildman–Crippen LogP) is 3.74. The maximum atomic E-state index is 13.0. The number of aromatic nitrogens is 2. The first-order valence-corrected chi connectivity index (χ1v) is 8.01. The van der Waals surface area contributed by atoms with Crippen LogP contribution in [0.4, 0.5) is 13.2 Å². The van der Waals surface area contributed by atoms with Gasteiger partial charge in [0, 0.05) is 19.0 Å². The Morgan fingerprint density at radius 1 is 1.48 bits per heavy atom. The average Bonchev–Trinajstić information content (AvgIpc) is 2.65. The maximum absolute atomic E-state index is 13.0. The predicted molar refractivity (Wildman–Crippen MR) is 78.9 cm³/mol. The number of halogens is 4. The fraction of sp³-hybridized carbons (Fsp3) is 0.786. The lowest BCUT2D eigenvalue weighted by atomic mass is 9.73. The Kier molecular flexibility index (Phi) is 4.73. The van der Waals surface area contributed by atoms with E-state index >= 15 is 0 Å². The second-order valence-electron chi connectivity index (χ2n) is 6.06. The van der Waals surface area contributed by atoms with Crippen molar-refractivity contribution in [3.63, 3.8) is 0 Å². The quantitative estimate of drug-likeness (QED) is 0.884. The zero-order valence-electron chi connectivity index (χ0n) is 12.3. The fourth-order valence-electron chi connectivity index (χ4n) is 3.18. The first-order valence-electron chi connectivity index (χ1n) is 7.22. The Balaban J connectivity index is 2.20. The molecule has 0 aromatic carbocycles. The summed E-state index contributed by atoms with van der Waals surface area (Å²) in [7, 11) is 1.81. The van der Waals surface area contributed by atoms with E-state index < -0.39 is 17.6 Å². The summed E-state index contributed by atoms with van der Waals surface area (Å²) in [5, 5.41) is 4.39. The third kappa shape index (κ3) is 3.62. The van der Waals surface area contributed by atoms with E-state index in [9.17, 15) is 13.2 Å². The Morgan fingerprint density at radius 2 is 2.14 bits per heavy atom. The molecule has 1 fully saturated rings. The Bertz CT molecular complexity index is 512. The van der Waals surface area contributed by atoms with E-state index in [2.05, 4.69) is 21.0 Å². The zero-order chi connectivity index (χ0) is 15.8. The molecule has 0 amide bonds. The zero-order valence-corrected chi connectivity index (χ0v) is 13.9. The van der Waals surface area contributed by atoms with Gasteiger partial charge in [-0.15, -0.1) is 0 Å².